The van der Waals surface area contributed by atoms with Crippen molar-refractivity contribution in [3.05, 3.63) is 18.3 Å². The van der Waals surface area contributed by atoms with Gasteiger partial charge in [0.1, 0.15) is 0 Å². The Morgan fingerprint density at radius 2 is 1.88 bits per heavy atom. The topological polar surface area (TPSA) is 32.3 Å². The molecule has 1 aliphatic heterocycles. The molecule has 1 aromatic heterocycles. The lowest BCUT2D eigenvalue weighted by molar-refractivity contribution is -0.146. The lowest BCUT2D eigenvalue weighted by Gasteiger charge is -2.35. The lowest BCUT2D eigenvalue weighted by Crippen LogP contribution is -2.49. The van der Waals surface area contributed by atoms with E-state index in [-0.39, 0.29) is 0 Å². The van der Waals surface area contributed by atoms with Gasteiger partial charge >= 0.3 is 6.18 Å². The average molecular weight is 246 g/mol. The normalized spacial score (nSPS) is 18.4. The molecule has 0 spiro atoms. The molecule has 7 heteroatoms. The summed E-state index contributed by atoms with van der Waals surface area (Å²) in [6, 6.07) is 3.58. The maximum absolute atomic E-state index is 12.2. The summed E-state index contributed by atoms with van der Waals surface area (Å²) in [6.45, 7) is 1.07. The van der Waals surface area contributed by atoms with Gasteiger partial charge in [0.2, 0.25) is 0 Å². The summed E-state index contributed by atoms with van der Waals surface area (Å²) in [5, 5.41) is 7.69. The summed E-state index contributed by atoms with van der Waals surface area (Å²) in [5.41, 5.74) is 0. The monoisotopic (exact) mass is 246 g/mol. The molecule has 0 amide bonds. The van der Waals surface area contributed by atoms with Crippen LogP contribution in [-0.4, -0.2) is 54.0 Å². The molecule has 0 radical (unpaired) electrons. The number of hydrogen-bond acceptors (Lipinski definition) is 4. The van der Waals surface area contributed by atoms with Crippen LogP contribution in [0.4, 0.5) is 19.0 Å². The van der Waals surface area contributed by atoms with E-state index in [1.807, 2.05) is 11.0 Å². The summed E-state index contributed by atoms with van der Waals surface area (Å²) in [5.74, 6) is 0.721. The molecule has 1 fully saturated rings. The second-order valence-corrected chi connectivity index (χ2v) is 3.96. The third-order valence-corrected chi connectivity index (χ3v) is 2.66. The summed E-state index contributed by atoms with van der Waals surface area (Å²) < 4.78 is 36.5. The minimum atomic E-state index is -4.12. The number of nitrogens with zero attached hydrogens (tertiary/aromatic N) is 4. The van der Waals surface area contributed by atoms with Gasteiger partial charge in [-0.3, -0.25) is 4.90 Å². The van der Waals surface area contributed by atoms with Crippen LogP contribution >= 0.6 is 0 Å². The van der Waals surface area contributed by atoms with Crippen LogP contribution in [0.2, 0.25) is 0 Å². The summed E-state index contributed by atoms with van der Waals surface area (Å²) >= 11 is 0. The van der Waals surface area contributed by atoms with E-state index < -0.39 is 12.7 Å². The number of aromatic nitrogens is 2. The molecule has 2 heterocycles. The second-order valence-electron chi connectivity index (χ2n) is 3.96. The van der Waals surface area contributed by atoms with E-state index in [2.05, 4.69) is 10.2 Å². The zero-order valence-electron chi connectivity index (χ0n) is 9.19. The second kappa shape index (κ2) is 4.87. The Morgan fingerprint density at radius 1 is 1.18 bits per heavy atom. The first-order valence-electron chi connectivity index (χ1n) is 5.36. The first-order chi connectivity index (χ1) is 8.04. The van der Waals surface area contributed by atoms with E-state index in [0.29, 0.717) is 26.2 Å². The maximum Gasteiger partial charge on any atom is 0.401 e. The number of anilines is 1. The van der Waals surface area contributed by atoms with E-state index in [9.17, 15) is 13.2 Å². The van der Waals surface area contributed by atoms with Gasteiger partial charge in [-0.1, -0.05) is 0 Å². The molecule has 0 saturated carbocycles. The highest BCUT2D eigenvalue weighted by molar-refractivity contribution is 5.36. The highest BCUT2D eigenvalue weighted by Gasteiger charge is 2.32. The predicted molar refractivity (Wildman–Crippen MR) is 56.7 cm³/mol. The number of hydrogen-bond donors (Lipinski definition) is 0. The van der Waals surface area contributed by atoms with Crippen molar-refractivity contribution in [3.63, 3.8) is 0 Å². The van der Waals surface area contributed by atoms with Gasteiger partial charge < -0.3 is 4.90 Å². The maximum atomic E-state index is 12.2. The summed E-state index contributed by atoms with van der Waals surface area (Å²) in [4.78, 5) is 3.35. The Balaban J connectivity index is 1.86. The van der Waals surface area contributed by atoms with Gasteiger partial charge in [0.25, 0.3) is 0 Å². The average Bonchev–Trinajstić information content (AvgIpc) is 2.29. The van der Waals surface area contributed by atoms with E-state index >= 15 is 0 Å². The quantitative estimate of drug-likeness (QED) is 0.784. The molecule has 1 saturated heterocycles. The first kappa shape index (κ1) is 12.1. The van der Waals surface area contributed by atoms with E-state index in [1.165, 1.54) is 4.90 Å². The van der Waals surface area contributed by atoms with Crippen molar-refractivity contribution < 1.29 is 13.2 Å². The van der Waals surface area contributed by atoms with Gasteiger partial charge in [0.15, 0.2) is 5.82 Å². The standard InChI is InChI=1S/C10H13F3N4/c11-10(12,13)8-16-4-6-17(7-5-16)9-2-1-3-14-15-9/h1-3H,4-8H2. The number of rotatable bonds is 2. The van der Waals surface area contributed by atoms with Crippen LogP contribution in [0.15, 0.2) is 18.3 Å². The molecule has 94 valence electrons. The minimum Gasteiger partial charge on any atom is -0.353 e. The van der Waals surface area contributed by atoms with Gasteiger partial charge in [0, 0.05) is 32.4 Å². The SMILES string of the molecule is FC(F)(F)CN1CCN(c2cccnn2)CC1. The molecule has 1 aromatic rings. The Kier molecular flexibility index (Phi) is 3.46. The van der Waals surface area contributed by atoms with E-state index in [4.69, 9.17) is 0 Å². The highest BCUT2D eigenvalue weighted by atomic mass is 19.4. The zero-order chi connectivity index (χ0) is 12.3. The van der Waals surface area contributed by atoms with E-state index in [1.54, 1.807) is 12.3 Å². The smallest absolute Gasteiger partial charge is 0.353 e. The molecule has 2 rings (SSSR count). The molecule has 0 aliphatic carbocycles. The number of halogens is 3. The van der Waals surface area contributed by atoms with Crippen LogP contribution in [0, 0.1) is 0 Å². The summed E-state index contributed by atoms with van der Waals surface area (Å²) in [6.07, 6.45) is -2.54. The number of alkyl halides is 3. The molecule has 0 unspecified atom stereocenters. The zero-order valence-corrected chi connectivity index (χ0v) is 9.19. The van der Waals surface area contributed by atoms with Crippen LogP contribution in [-0.2, 0) is 0 Å². The van der Waals surface area contributed by atoms with Crippen molar-refractivity contribution in [2.75, 3.05) is 37.6 Å². The molecule has 0 atom stereocenters. The Bertz CT molecular complexity index is 346. The highest BCUT2D eigenvalue weighted by Crippen LogP contribution is 2.18. The van der Waals surface area contributed by atoms with Crippen LogP contribution in [0.3, 0.4) is 0 Å². The molecule has 0 N–H and O–H groups in total. The predicted octanol–water partition coefficient (Wildman–Crippen LogP) is 1.16. The molecule has 17 heavy (non-hydrogen) atoms. The molecule has 1 aliphatic rings. The molecule has 0 aromatic carbocycles. The molecular weight excluding hydrogens is 233 g/mol. The fourth-order valence-electron chi connectivity index (χ4n) is 1.85. The third-order valence-electron chi connectivity index (χ3n) is 2.66. The van der Waals surface area contributed by atoms with Crippen molar-refractivity contribution in [1.82, 2.24) is 15.1 Å². The van der Waals surface area contributed by atoms with Gasteiger partial charge in [-0.25, -0.2) is 0 Å². The minimum absolute atomic E-state index is 0.399. The molecular formula is C10H13F3N4. The molecule has 4 nitrogen and oxygen atoms in total. The van der Waals surface area contributed by atoms with Gasteiger partial charge in [-0.05, 0) is 12.1 Å². The Morgan fingerprint density at radius 3 is 2.41 bits per heavy atom. The fourth-order valence-corrected chi connectivity index (χ4v) is 1.85. The van der Waals surface area contributed by atoms with Crippen LogP contribution in [0.25, 0.3) is 0 Å². The van der Waals surface area contributed by atoms with Gasteiger partial charge in [-0.2, -0.15) is 18.3 Å². The van der Waals surface area contributed by atoms with Crippen molar-refractivity contribution in [3.8, 4) is 0 Å². The van der Waals surface area contributed by atoms with Crippen LogP contribution in [0.1, 0.15) is 0 Å². The van der Waals surface area contributed by atoms with E-state index in [0.717, 1.165) is 5.82 Å². The van der Waals surface area contributed by atoms with Gasteiger partial charge in [0.05, 0.1) is 6.54 Å². The van der Waals surface area contributed by atoms with Crippen molar-refractivity contribution in [2.24, 2.45) is 0 Å². The van der Waals surface area contributed by atoms with Gasteiger partial charge in [-0.15, -0.1) is 5.10 Å². The Hall–Kier alpha value is -1.37. The lowest BCUT2D eigenvalue weighted by atomic mass is 10.3. The first-order valence-corrected chi connectivity index (χ1v) is 5.36. The summed E-state index contributed by atoms with van der Waals surface area (Å²) in [7, 11) is 0. The molecule has 0 bridgehead atoms. The van der Waals surface area contributed by atoms with Crippen LogP contribution in [0.5, 0.6) is 0 Å². The van der Waals surface area contributed by atoms with Crippen LogP contribution < -0.4 is 4.90 Å². The Labute approximate surface area is 97.0 Å². The van der Waals surface area contributed by atoms with Crippen molar-refractivity contribution in [2.45, 2.75) is 6.18 Å². The fraction of sp³-hybridized carbons (Fsp3) is 0.600. The van der Waals surface area contributed by atoms with Crippen molar-refractivity contribution in [1.29, 1.82) is 0 Å². The number of piperazine rings is 1. The van der Waals surface area contributed by atoms with Crippen molar-refractivity contribution >= 4 is 5.82 Å². The largest absolute Gasteiger partial charge is 0.401 e. The third kappa shape index (κ3) is 3.55.